The molecule has 4 aliphatic heterocycles. The van der Waals surface area contributed by atoms with E-state index in [0.29, 0.717) is 32.2 Å². The summed E-state index contributed by atoms with van der Waals surface area (Å²) < 4.78 is 41.5. The van der Waals surface area contributed by atoms with E-state index in [1.54, 1.807) is 0 Å². The molecular formula is C23H26F2N4O3. The molecule has 5 heterocycles. The van der Waals surface area contributed by atoms with Gasteiger partial charge in [0.2, 0.25) is 0 Å². The Labute approximate surface area is 184 Å². The monoisotopic (exact) mass is 444 g/mol. The maximum absolute atomic E-state index is 14.9. The predicted octanol–water partition coefficient (Wildman–Crippen LogP) is 3.10. The predicted molar refractivity (Wildman–Crippen MR) is 113 cm³/mol. The highest BCUT2D eigenvalue weighted by atomic mass is 19.1. The highest BCUT2D eigenvalue weighted by Gasteiger charge is 2.45. The molecule has 0 radical (unpaired) electrons. The Bertz CT molecular complexity index is 1080. The molecule has 0 N–H and O–H groups in total. The molecule has 1 aromatic carbocycles. The van der Waals surface area contributed by atoms with Crippen molar-refractivity contribution < 1.29 is 23.0 Å². The van der Waals surface area contributed by atoms with Crippen LogP contribution in [-0.4, -0.2) is 71.7 Å². The summed E-state index contributed by atoms with van der Waals surface area (Å²) >= 11 is 0. The Hall–Kier alpha value is -2.39. The van der Waals surface area contributed by atoms with E-state index < -0.39 is 11.6 Å². The molecule has 0 aliphatic carbocycles. The van der Waals surface area contributed by atoms with Crippen LogP contribution in [0.5, 0.6) is 6.01 Å². The Kier molecular flexibility index (Phi) is 4.80. The maximum Gasteiger partial charge on any atom is 0.319 e. The average Bonchev–Trinajstić information content (AvgIpc) is 3.22. The van der Waals surface area contributed by atoms with Crippen molar-refractivity contribution >= 4 is 22.5 Å². The lowest BCUT2D eigenvalue weighted by Crippen LogP contribution is -2.43. The molecule has 3 saturated heterocycles. The number of Topliss-reactive ketones (excluding diaryl/α,β-unsaturated/α-hetero) is 1. The summed E-state index contributed by atoms with van der Waals surface area (Å²) in [7, 11) is 0. The van der Waals surface area contributed by atoms with Gasteiger partial charge in [-0.1, -0.05) is 0 Å². The summed E-state index contributed by atoms with van der Waals surface area (Å²) in [5, 5.41) is 0.144. The summed E-state index contributed by atoms with van der Waals surface area (Å²) in [6, 6.07) is 0.539. The normalized spacial score (nSPS) is 24.9. The van der Waals surface area contributed by atoms with Crippen LogP contribution in [0.4, 0.5) is 14.6 Å². The van der Waals surface area contributed by atoms with Crippen LogP contribution >= 0.6 is 0 Å². The average molecular weight is 444 g/mol. The molecule has 7 nitrogen and oxygen atoms in total. The van der Waals surface area contributed by atoms with Crippen molar-refractivity contribution in [1.29, 1.82) is 0 Å². The van der Waals surface area contributed by atoms with E-state index in [4.69, 9.17) is 9.47 Å². The lowest BCUT2D eigenvalue weighted by atomic mass is 9.95. The number of hydrogen-bond acceptors (Lipinski definition) is 7. The SMILES string of the molecule is O=C1CC2COCCCN2c2nc(OCC34CCCN3CCC4)nc3c(F)cc(F)c1c23. The van der Waals surface area contributed by atoms with E-state index in [1.165, 1.54) is 0 Å². The number of nitrogens with zero attached hydrogens (tertiary/aromatic N) is 4. The van der Waals surface area contributed by atoms with Crippen LogP contribution < -0.4 is 9.64 Å². The number of carbonyl (C=O) groups is 1. The van der Waals surface area contributed by atoms with Crippen molar-refractivity contribution in [3.8, 4) is 6.01 Å². The summed E-state index contributed by atoms with van der Waals surface area (Å²) in [4.78, 5) is 26.3. The largest absolute Gasteiger partial charge is 0.461 e. The molecule has 1 aromatic heterocycles. The van der Waals surface area contributed by atoms with Crippen LogP contribution in [0.1, 0.15) is 48.9 Å². The number of hydrogen-bond donors (Lipinski definition) is 0. The molecule has 2 aromatic rings. The van der Waals surface area contributed by atoms with Crippen molar-refractivity contribution in [3.05, 3.63) is 23.3 Å². The number of halogens is 2. The third-order valence-electron chi connectivity index (χ3n) is 7.53. The number of ketones is 1. The molecule has 0 spiro atoms. The molecule has 9 heteroatoms. The van der Waals surface area contributed by atoms with Gasteiger partial charge in [-0.2, -0.15) is 9.97 Å². The first-order chi connectivity index (χ1) is 15.6. The van der Waals surface area contributed by atoms with Gasteiger partial charge in [-0.15, -0.1) is 0 Å². The Morgan fingerprint density at radius 3 is 2.75 bits per heavy atom. The molecule has 1 unspecified atom stereocenters. The van der Waals surface area contributed by atoms with Crippen LogP contribution in [-0.2, 0) is 4.74 Å². The molecule has 170 valence electrons. The summed E-state index contributed by atoms with van der Waals surface area (Å²) in [5.74, 6) is -1.69. The van der Waals surface area contributed by atoms with Crippen LogP contribution in [0.3, 0.4) is 0 Å². The second-order valence-corrected chi connectivity index (χ2v) is 9.38. The Morgan fingerprint density at radius 1 is 1.12 bits per heavy atom. The molecule has 3 fully saturated rings. The van der Waals surface area contributed by atoms with Crippen molar-refractivity contribution in [2.24, 2.45) is 0 Å². The molecule has 1 atom stereocenters. The zero-order chi connectivity index (χ0) is 21.9. The van der Waals surface area contributed by atoms with Gasteiger partial charge >= 0.3 is 6.01 Å². The van der Waals surface area contributed by atoms with Crippen LogP contribution in [0.15, 0.2) is 6.07 Å². The quantitative estimate of drug-likeness (QED) is 0.721. The van der Waals surface area contributed by atoms with Gasteiger partial charge < -0.3 is 14.4 Å². The number of fused-ring (bicyclic) bond motifs is 3. The first kappa shape index (κ1) is 20.2. The van der Waals surface area contributed by atoms with Gasteiger partial charge in [0.25, 0.3) is 0 Å². The molecule has 0 saturated carbocycles. The fourth-order valence-electron chi connectivity index (χ4n) is 6.00. The number of carbonyl (C=O) groups excluding carboxylic acids is 1. The number of anilines is 1. The zero-order valence-corrected chi connectivity index (χ0v) is 17.9. The fraction of sp³-hybridized carbons (Fsp3) is 0.609. The highest BCUT2D eigenvalue weighted by molar-refractivity contribution is 6.12. The first-order valence-electron chi connectivity index (χ1n) is 11.5. The Balaban J connectivity index is 1.46. The fourth-order valence-corrected chi connectivity index (χ4v) is 6.00. The van der Waals surface area contributed by atoms with Crippen LogP contribution in [0.25, 0.3) is 10.9 Å². The summed E-state index contributed by atoms with van der Waals surface area (Å²) in [6.45, 7) is 4.08. The minimum absolute atomic E-state index is 0.00607. The maximum atomic E-state index is 14.9. The molecule has 6 rings (SSSR count). The van der Waals surface area contributed by atoms with Gasteiger partial charge in [0.1, 0.15) is 23.8 Å². The number of aromatic nitrogens is 2. The summed E-state index contributed by atoms with van der Waals surface area (Å²) in [5.41, 5.74) is -0.200. The molecule has 0 bridgehead atoms. The van der Waals surface area contributed by atoms with Gasteiger partial charge in [-0.3, -0.25) is 9.69 Å². The molecular weight excluding hydrogens is 418 g/mol. The van der Waals surface area contributed by atoms with Crippen molar-refractivity contribution in [3.63, 3.8) is 0 Å². The second-order valence-electron chi connectivity index (χ2n) is 9.38. The van der Waals surface area contributed by atoms with Gasteiger partial charge in [0, 0.05) is 25.6 Å². The Morgan fingerprint density at radius 2 is 1.94 bits per heavy atom. The zero-order valence-electron chi connectivity index (χ0n) is 17.9. The van der Waals surface area contributed by atoms with E-state index in [9.17, 15) is 13.6 Å². The lowest BCUT2D eigenvalue weighted by molar-refractivity contribution is 0.0929. The number of benzene rings is 1. The van der Waals surface area contributed by atoms with Gasteiger partial charge in [-0.05, 0) is 45.2 Å². The van der Waals surface area contributed by atoms with E-state index in [2.05, 4.69) is 14.9 Å². The third-order valence-corrected chi connectivity index (χ3v) is 7.53. The van der Waals surface area contributed by atoms with Crippen LogP contribution in [0.2, 0.25) is 0 Å². The van der Waals surface area contributed by atoms with Crippen LogP contribution in [0, 0.1) is 11.6 Å². The third kappa shape index (κ3) is 3.08. The van der Waals surface area contributed by atoms with Gasteiger partial charge in [0.15, 0.2) is 11.6 Å². The molecule has 0 amide bonds. The lowest BCUT2D eigenvalue weighted by Gasteiger charge is -2.32. The van der Waals surface area contributed by atoms with E-state index in [0.717, 1.165) is 51.3 Å². The van der Waals surface area contributed by atoms with Gasteiger partial charge in [0.05, 0.1) is 29.1 Å². The van der Waals surface area contributed by atoms with Crippen molar-refractivity contribution in [1.82, 2.24) is 14.9 Å². The molecule has 32 heavy (non-hydrogen) atoms. The highest BCUT2D eigenvalue weighted by Crippen LogP contribution is 2.41. The minimum atomic E-state index is -0.872. The smallest absolute Gasteiger partial charge is 0.319 e. The molecule has 4 aliphatic rings. The van der Waals surface area contributed by atoms with E-state index in [1.807, 2.05) is 4.90 Å². The first-order valence-corrected chi connectivity index (χ1v) is 11.5. The topological polar surface area (TPSA) is 67.8 Å². The summed E-state index contributed by atoms with van der Waals surface area (Å²) in [6.07, 6.45) is 5.23. The van der Waals surface area contributed by atoms with E-state index in [-0.39, 0.29) is 46.3 Å². The standard InChI is InChI=1S/C23H26F2N4O3/c24-15-11-16(25)20-19-18(15)17(30)10-14-12-31-9-3-8-29(14)21(19)27-22(26-20)32-13-23-4-1-6-28(23)7-2-5-23/h11,14H,1-10,12-13H2. The van der Waals surface area contributed by atoms with Gasteiger partial charge in [-0.25, -0.2) is 8.78 Å². The second kappa shape index (κ2) is 7.59. The van der Waals surface area contributed by atoms with Crippen molar-refractivity contribution in [2.45, 2.75) is 50.1 Å². The number of rotatable bonds is 3. The number of ether oxygens (including phenoxy) is 2. The van der Waals surface area contributed by atoms with Crippen molar-refractivity contribution in [2.75, 3.05) is 44.4 Å². The minimum Gasteiger partial charge on any atom is -0.461 e. The van der Waals surface area contributed by atoms with E-state index >= 15 is 0 Å².